The maximum absolute atomic E-state index is 14.7. The zero-order valence-corrected chi connectivity index (χ0v) is 20.8. The highest BCUT2D eigenvalue weighted by Crippen LogP contribution is 2.26. The molecule has 1 heterocycles. The zero-order chi connectivity index (χ0) is 24.4. The topological polar surface area (TPSA) is 98.2 Å². The third-order valence-corrected chi connectivity index (χ3v) is 4.74. The van der Waals surface area contributed by atoms with Crippen LogP contribution in [-0.4, -0.2) is 43.5 Å². The number of aromatic nitrogens is 1. The van der Waals surface area contributed by atoms with E-state index in [9.17, 15) is 18.2 Å². The number of hydrogen-bond donors (Lipinski definition) is 0. The summed E-state index contributed by atoms with van der Waals surface area (Å²) in [5.41, 5.74) is -2.05. The molecule has 1 aromatic heterocycles. The molecule has 11 heteroatoms. The van der Waals surface area contributed by atoms with Crippen molar-refractivity contribution in [1.82, 2.24) is 4.98 Å². The van der Waals surface area contributed by atoms with E-state index in [0.29, 0.717) is 4.90 Å². The second kappa shape index (κ2) is 9.60. The molecular weight excluding hydrogens is 449 g/mol. The van der Waals surface area contributed by atoms with Gasteiger partial charge in [0.2, 0.25) is 0 Å². The number of hydrogen-bond acceptors (Lipinski definition) is 6. The molecular formula is C20H29ClFN3O5S. The minimum absolute atomic E-state index is 0.0900. The summed E-state index contributed by atoms with van der Waals surface area (Å²) in [5.74, 6) is -1.74. The molecule has 0 unspecified atom stereocenters. The molecule has 0 aromatic carbocycles. The molecule has 0 bridgehead atoms. The van der Waals surface area contributed by atoms with Gasteiger partial charge in [-0.05, 0) is 68.4 Å². The molecule has 0 saturated carbocycles. The summed E-state index contributed by atoms with van der Waals surface area (Å²) in [7, 11) is -1.63. The van der Waals surface area contributed by atoms with E-state index in [1.165, 1.54) is 0 Å². The Hall–Kier alpha value is -2.07. The Balaban J connectivity index is 3.53. The van der Waals surface area contributed by atoms with Crippen LogP contribution in [0.5, 0.6) is 0 Å². The largest absolute Gasteiger partial charge is 0.443 e. The van der Waals surface area contributed by atoms with Crippen molar-refractivity contribution in [2.75, 3.05) is 4.90 Å². The van der Waals surface area contributed by atoms with Crippen molar-refractivity contribution in [3.05, 3.63) is 22.6 Å². The Kier molecular flexibility index (Phi) is 8.35. The summed E-state index contributed by atoms with van der Waals surface area (Å²) in [6.45, 7) is 14.7. The molecule has 0 fully saturated rings. The summed E-state index contributed by atoms with van der Waals surface area (Å²) in [4.78, 5) is 29.7. The molecule has 0 radical (unpaired) electrons. The van der Waals surface area contributed by atoms with Crippen LogP contribution in [0.25, 0.3) is 0 Å². The van der Waals surface area contributed by atoms with E-state index in [4.69, 9.17) is 21.1 Å². The Bertz CT molecular complexity index is 874. The van der Waals surface area contributed by atoms with Crippen LogP contribution < -0.4 is 4.90 Å². The van der Waals surface area contributed by atoms with Crippen molar-refractivity contribution in [2.45, 2.75) is 78.3 Å². The number of halogens is 2. The van der Waals surface area contributed by atoms with Gasteiger partial charge in [0.1, 0.15) is 27.9 Å². The third-order valence-electron chi connectivity index (χ3n) is 3.10. The fraction of sp³-hybridized carbons (Fsp3) is 0.600. The van der Waals surface area contributed by atoms with Crippen LogP contribution in [0.3, 0.4) is 0 Å². The second-order valence-electron chi connectivity index (χ2n) is 9.55. The number of pyridine rings is 1. The lowest BCUT2D eigenvalue weighted by Crippen LogP contribution is -2.44. The number of anilines is 1. The molecule has 1 rings (SSSR count). The predicted octanol–water partition coefficient (Wildman–Crippen LogP) is 5.43. The monoisotopic (exact) mass is 477 g/mol. The van der Waals surface area contributed by atoms with Crippen LogP contribution in [0.4, 0.5) is 19.8 Å². The lowest BCUT2D eigenvalue weighted by atomic mass is 10.2. The average molecular weight is 478 g/mol. The SMILES string of the molecule is CC(C)(C)OC(=O)N(C(=O)OC(C)(C)C)c1nc(C=N[S@@](=O)C(C)(C)C)c(Cl)cc1F. The first-order chi connectivity index (χ1) is 13.8. The Labute approximate surface area is 189 Å². The van der Waals surface area contributed by atoms with Crippen molar-refractivity contribution in [3.63, 3.8) is 0 Å². The van der Waals surface area contributed by atoms with E-state index < -0.39 is 50.8 Å². The summed E-state index contributed by atoms with van der Waals surface area (Å²) >= 11 is 6.03. The van der Waals surface area contributed by atoms with Crippen molar-refractivity contribution in [1.29, 1.82) is 0 Å². The third kappa shape index (κ3) is 8.53. The van der Waals surface area contributed by atoms with Crippen molar-refractivity contribution in [3.8, 4) is 0 Å². The smallest absolute Gasteiger partial charge is 0.425 e. The lowest BCUT2D eigenvalue weighted by molar-refractivity contribution is 0.0427. The van der Waals surface area contributed by atoms with E-state index in [0.717, 1.165) is 12.3 Å². The Morgan fingerprint density at radius 1 is 1.06 bits per heavy atom. The molecule has 0 spiro atoms. The quantitative estimate of drug-likeness (QED) is 0.538. The minimum atomic E-state index is -1.63. The Morgan fingerprint density at radius 3 is 1.90 bits per heavy atom. The van der Waals surface area contributed by atoms with Crippen LogP contribution in [0.1, 0.15) is 68.0 Å². The fourth-order valence-corrected chi connectivity index (χ4v) is 2.54. The molecule has 0 aliphatic rings. The van der Waals surface area contributed by atoms with Crippen molar-refractivity contribution >= 4 is 46.8 Å². The van der Waals surface area contributed by atoms with Gasteiger partial charge in [-0.2, -0.15) is 9.30 Å². The summed E-state index contributed by atoms with van der Waals surface area (Å²) in [6, 6.07) is 0.868. The first-order valence-corrected chi connectivity index (χ1v) is 10.9. The number of rotatable bonds is 3. The first kappa shape index (κ1) is 27.0. The molecule has 174 valence electrons. The molecule has 1 atom stereocenters. The number of nitrogens with zero attached hydrogens (tertiary/aromatic N) is 3. The van der Waals surface area contributed by atoms with E-state index in [-0.39, 0.29) is 10.7 Å². The van der Waals surface area contributed by atoms with E-state index in [1.54, 1.807) is 62.3 Å². The molecule has 0 N–H and O–H groups in total. The van der Waals surface area contributed by atoms with Gasteiger partial charge in [-0.15, -0.1) is 0 Å². The molecule has 2 amide bonds. The maximum Gasteiger partial charge on any atom is 0.425 e. The van der Waals surface area contributed by atoms with Gasteiger partial charge < -0.3 is 9.47 Å². The molecule has 0 aliphatic heterocycles. The van der Waals surface area contributed by atoms with E-state index in [2.05, 4.69) is 9.38 Å². The maximum atomic E-state index is 14.7. The number of amides is 2. The van der Waals surface area contributed by atoms with Gasteiger partial charge in [0.15, 0.2) is 11.6 Å². The molecule has 1 aromatic rings. The van der Waals surface area contributed by atoms with Gasteiger partial charge in [-0.25, -0.2) is 23.2 Å². The minimum Gasteiger partial charge on any atom is -0.443 e. The lowest BCUT2D eigenvalue weighted by Gasteiger charge is -2.28. The number of ether oxygens (including phenoxy) is 2. The summed E-state index contributed by atoms with van der Waals surface area (Å²) < 4.78 is 40.6. The molecule has 8 nitrogen and oxygen atoms in total. The summed E-state index contributed by atoms with van der Waals surface area (Å²) in [5, 5.41) is -0.149. The van der Waals surface area contributed by atoms with Crippen molar-refractivity contribution in [2.24, 2.45) is 4.40 Å². The van der Waals surface area contributed by atoms with Gasteiger partial charge in [-0.1, -0.05) is 11.6 Å². The molecule has 0 saturated heterocycles. The zero-order valence-electron chi connectivity index (χ0n) is 19.2. The highest BCUT2D eigenvalue weighted by Gasteiger charge is 2.36. The van der Waals surface area contributed by atoms with Gasteiger partial charge in [0, 0.05) is 0 Å². The van der Waals surface area contributed by atoms with Gasteiger partial charge >= 0.3 is 12.2 Å². The number of carbonyl (C=O) groups is 2. The van der Waals surface area contributed by atoms with Crippen molar-refractivity contribution < 1.29 is 27.7 Å². The molecule has 0 aliphatic carbocycles. The van der Waals surface area contributed by atoms with Crippen LogP contribution in [0.2, 0.25) is 5.02 Å². The van der Waals surface area contributed by atoms with Gasteiger partial charge in [-0.3, -0.25) is 0 Å². The van der Waals surface area contributed by atoms with Crippen LogP contribution in [-0.2, 0) is 20.5 Å². The standard InChI is InChI=1S/C20H29ClFN3O5S/c1-18(2,3)29-16(26)25(17(27)30-19(4,5)6)15-13(22)10-12(21)14(24-15)11-23-31(28)20(7,8)9/h10-11H,1-9H3/t31-/m0/s1. The summed E-state index contributed by atoms with van der Waals surface area (Å²) in [6.07, 6.45) is -1.28. The normalized spacial score (nSPS) is 13.8. The van der Waals surface area contributed by atoms with Gasteiger partial charge in [0.25, 0.3) is 0 Å². The second-order valence-corrected chi connectivity index (χ2v) is 11.9. The van der Waals surface area contributed by atoms with E-state index >= 15 is 0 Å². The van der Waals surface area contributed by atoms with E-state index in [1.807, 2.05) is 0 Å². The van der Waals surface area contributed by atoms with Gasteiger partial charge in [0.05, 0.1) is 16.0 Å². The highest BCUT2D eigenvalue weighted by molar-refractivity contribution is 7.85. The van der Waals surface area contributed by atoms with Crippen LogP contribution >= 0.6 is 11.6 Å². The average Bonchev–Trinajstić information content (AvgIpc) is 2.51. The van der Waals surface area contributed by atoms with Crippen LogP contribution in [0.15, 0.2) is 10.5 Å². The number of imide groups is 1. The first-order valence-electron chi connectivity index (χ1n) is 9.40. The van der Waals surface area contributed by atoms with Crippen LogP contribution in [0, 0.1) is 5.82 Å². The Morgan fingerprint density at radius 2 is 1.52 bits per heavy atom. The highest BCUT2D eigenvalue weighted by atomic mass is 35.5. The fourth-order valence-electron chi connectivity index (χ4n) is 1.84. The molecule has 31 heavy (non-hydrogen) atoms. The predicted molar refractivity (Wildman–Crippen MR) is 120 cm³/mol. The number of carbonyl (C=O) groups excluding carboxylic acids is 2.